The van der Waals surface area contributed by atoms with Crippen molar-refractivity contribution in [1.29, 1.82) is 5.41 Å². The second kappa shape index (κ2) is 8.67. The summed E-state index contributed by atoms with van der Waals surface area (Å²) in [4.78, 5) is 22.3. The van der Waals surface area contributed by atoms with E-state index in [0.29, 0.717) is 0 Å². The predicted molar refractivity (Wildman–Crippen MR) is 126 cm³/mol. The SMILES string of the molecule is COC(=O)c1ccc(C(=O)O)c(-c2c3ccc(=N)c(S(=O)(=O)O)c-3oc3c(S(=O)(=O)O)c(N)ccc23)c1. The van der Waals surface area contributed by atoms with Crippen LogP contribution in [-0.4, -0.2) is 50.1 Å². The first-order chi connectivity index (χ1) is 17.2. The third-order valence-electron chi connectivity index (χ3n) is 5.45. The third-order valence-corrected chi connectivity index (χ3v) is 7.31. The minimum Gasteiger partial charge on any atom is -0.478 e. The number of nitrogens with one attached hydrogen (secondary N) is 1. The fourth-order valence-electron chi connectivity index (χ4n) is 3.98. The topological polar surface area (TPSA) is 235 Å². The Kier molecular flexibility index (Phi) is 6.04. The van der Waals surface area contributed by atoms with Crippen molar-refractivity contribution in [1.82, 2.24) is 0 Å². The average molecular weight is 549 g/mol. The second-order valence-electron chi connectivity index (χ2n) is 7.66. The largest absolute Gasteiger partial charge is 0.478 e. The van der Waals surface area contributed by atoms with Crippen LogP contribution in [0.25, 0.3) is 33.4 Å². The van der Waals surface area contributed by atoms with E-state index in [1.54, 1.807) is 0 Å². The highest BCUT2D eigenvalue weighted by Gasteiger charge is 2.32. The lowest BCUT2D eigenvalue weighted by Gasteiger charge is -2.20. The number of hydrogen-bond acceptors (Lipinski definition) is 10. The smallest absolute Gasteiger partial charge is 0.337 e. The molecule has 0 fully saturated rings. The summed E-state index contributed by atoms with van der Waals surface area (Å²) in [6.07, 6.45) is 0. The van der Waals surface area contributed by atoms with Gasteiger partial charge in [0.1, 0.15) is 0 Å². The van der Waals surface area contributed by atoms with Crippen LogP contribution in [0.2, 0.25) is 0 Å². The zero-order chi connectivity index (χ0) is 27.4. The number of carbonyl (C=O) groups is 2. The number of carbonyl (C=O) groups excluding carboxylic acids is 1. The number of anilines is 1. The molecule has 0 amide bonds. The van der Waals surface area contributed by atoms with E-state index in [1.165, 1.54) is 18.2 Å². The molecule has 37 heavy (non-hydrogen) atoms. The Labute approximate surface area is 208 Å². The Morgan fingerprint density at radius 1 is 0.946 bits per heavy atom. The van der Waals surface area contributed by atoms with E-state index in [0.717, 1.165) is 31.4 Å². The number of ether oxygens (including phenoxy) is 1. The van der Waals surface area contributed by atoms with Crippen LogP contribution in [0.5, 0.6) is 0 Å². The number of hydrogen-bond donors (Lipinski definition) is 5. The van der Waals surface area contributed by atoms with Crippen LogP contribution >= 0.6 is 0 Å². The Morgan fingerprint density at radius 2 is 1.59 bits per heavy atom. The van der Waals surface area contributed by atoms with Crippen LogP contribution < -0.4 is 11.1 Å². The van der Waals surface area contributed by atoms with E-state index in [9.17, 15) is 40.6 Å². The molecule has 0 spiro atoms. The molecule has 4 rings (SSSR count). The number of esters is 1. The fraction of sp³-hybridized carbons (Fsp3) is 0.0455. The van der Waals surface area contributed by atoms with Gasteiger partial charge in [-0.1, -0.05) is 0 Å². The van der Waals surface area contributed by atoms with Crippen molar-refractivity contribution in [3.8, 4) is 22.5 Å². The molecular weight excluding hydrogens is 532 g/mol. The van der Waals surface area contributed by atoms with Crippen LogP contribution in [0.4, 0.5) is 5.69 Å². The summed E-state index contributed by atoms with van der Waals surface area (Å²) >= 11 is 0. The number of carboxylic acid groups (broad SMARTS) is 1. The van der Waals surface area contributed by atoms with Crippen molar-refractivity contribution >= 4 is 48.8 Å². The summed E-state index contributed by atoms with van der Waals surface area (Å²) in [6, 6.07) is 7.86. The second-order valence-corrected chi connectivity index (χ2v) is 10.4. The lowest BCUT2D eigenvalue weighted by atomic mass is 9.89. The fourth-order valence-corrected chi connectivity index (χ4v) is 5.46. The van der Waals surface area contributed by atoms with Crippen molar-refractivity contribution in [3.05, 3.63) is 58.9 Å². The van der Waals surface area contributed by atoms with Crippen LogP contribution in [0.3, 0.4) is 0 Å². The monoisotopic (exact) mass is 548 g/mol. The lowest BCUT2D eigenvalue weighted by molar-refractivity contribution is 0.0598. The number of benzene rings is 3. The normalized spacial score (nSPS) is 12.1. The Morgan fingerprint density at radius 3 is 2.16 bits per heavy atom. The Hall–Kier alpha value is -4.31. The molecule has 0 unspecified atom stereocenters. The lowest BCUT2D eigenvalue weighted by Crippen LogP contribution is -2.16. The van der Waals surface area contributed by atoms with Gasteiger partial charge in [0.25, 0.3) is 20.2 Å². The summed E-state index contributed by atoms with van der Waals surface area (Å²) in [6.45, 7) is 0. The number of aromatic carboxylic acids is 1. The number of nitrogens with two attached hydrogens (primary N) is 1. The molecule has 2 aromatic rings. The molecule has 0 radical (unpaired) electrons. The number of methoxy groups -OCH3 is 1. The van der Waals surface area contributed by atoms with E-state index in [1.807, 2.05) is 0 Å². The molecule has 2 aliphatic rings. The highest BCUT2D eigenvalue weighted by molar-refractivity contribution is 7.86. The van der Waals surface area contributed by atoms with Gasteiger partial charge in [-0.05, 0) is 48.0 Å². The van der Waals surface area contributed by atoms with Crippen molar-refractivity contribution in [2.75, 3.05) is 12.8 Å². The molecule has 0 atom stereocenters. The first-order valence-corrected chi connectivity index (χ1v) is 12.8. The molecule has 1 aliphatic carbocycles. The molecule has 13 nitrogen and oxygen atoms in total. The van der Waals surface area contributed by atoms with Crippen LogP contribution in [-0.2, 0) is 25.0 Å². The predicted octanol–water partition coefficient (Wildman–Crippen LogP) is 2.24. The van der Waals surface area contributed by atoms with Crippen molar-refractivity contribution in [3.63, 3.8) is 0 Å². The van der Waals surface area contributed by atoms with E-state index in [2.05, 4.69) is 0 Å². The average Bonchev–Trinajstić information content (AvgIpc) is 2.79. The van der Waals surface area contributed by atoms with Gasteiger partial charge < -0.3 is 20.0 Å². The van der Waals surface area contributed by atoms with Gasteiger partial charge in [0.15, 0.2) is 21.1 Å². The minimum absolute atomic E-state index is 0.109. The van der Waals surface area contributed by atoms with Crippen LogP contribution in [0, 0.1) is 5.41 Å². The highest BCUT2D eigenvalue weighted by atomic mass is 32.2. The molecule has 0 bridgehead atoms. The van der Waals surface area contributed by atoms with Gasteiger partial charge in [-0.25, -0.2) is 9.59 Å². The van der Waals surface area contributed by atoms with Crippen molar-refractivity contribution in [2.45, 2.75) is 9.79 Å². The van der Waals surface area contributed by atoms with Gasteiger partial charge in [-0.2, -0.15) is 16.8 Å². The van der Waals surface area contributed by atoms with Gasteiger partial charge in [0.05, 0.1) is 29.3 Å². The summed E-state index contributed by atoms with van der Waals surface area (Å²) in [5, 5.41) is 17.0. The Balaban J connectivity index is 2.39. The molecular formula is C22H16N2O11S2. The summed E-state index contributed by atoms with van der Waals surface area (Å²) < 4.78 is 78.7. The van der Waals surface area contributed by atoms with E-state index < -0.39 is 69.9 Å². The number of fused-ring (bicyclic) bond motifs is 2. The third kappa shape index (κ3) is 4.29. The zero-order valence-electron chi connectivity index (χ0n) is 18.5. The summed E-state index contributed by atoms with van der Waals surface area (Å²) in [7, 11) is -9.17. The van der Waals surface area contributed by atoms with Crippen molar-refractivity contribution < 1.29 is 49.8 Å². The zero-order valence-corrected chi connectivity index (χ0v) is 20.2. The number of nitrogen functional groups attached to an aromatic ring is 1. The van der Waals surface area contributed by atoms with E-state index in [-0.39, 0.29) is 27.6 Å². The molecule has 0 aromatic heterocycles. The van der Waals surface area contributed by atoms with Crippen LogP contribution in [0.1, 0.15) is 20.7 Å². The van der Waals surface area contributed by atoms with Gasteiger partial charge in [-0.15, -0.1) is 0 Å². The molecule has 15 heteroatoms. The standard InChI is InChI=1S/C22H16N2O11S2/c1-34-22(27)9-2-3-10(21(25)26)13(8-9)16-11-4-6-14(23)19(36(28,29)30)17(11)35-18-12(16)5-7-15(24)20(18)37(31,32)33/h2-8,23H,24H2,1H3,(H,25,26)(H,28,29,30)(H,31,32,33). The van der Waals surface area contributed by atoms with E-state index >= 15 is 0 Å². The molecule has 6 N–H and O–H groups in total. The maximum atomic E-state index is 12.2. The van der Waals surface area contributed by atoms with Gasteiger partial charge in [0, 0.05) is 16.5 Å². The number of carboxylic acids is 1. The minimum atomic E-state index is -5.15. The molecule has 0 saturated heterocycles. The Bertz CT molecular complexity index is 1890. The first-order valence-electron chi connectivity index (χ1n) is 9.94. The molecule has 2 aromatic carbocycles. The van der Waals surface area contributed by atoms with Crippen molar-refractivity contribution in [2.24, 2.45) is 0 Å². The molecule has 192 valence electrons. The molecule has 0 saturated carbocycles. The van der Waals surface area contributed by atoms with Gasteiger partial charge in [0.2, 0.25) is 0 Å². The van der Waals surface area contributed by atoms with Gasteiger partial charge >= 0.3 is 11.9 Å². The summed E-state index contributed by atoms with van der Waals surface area (Å²) in [5.74, 6) is -3.04. The maximum absolute atomic E-state index is 12.2. The first kappa shape index (κ1) is 25.8. The number of rotatable bonds is 5. The van der Waals surface area contributed by atoms with Gasteiger partial charge in [-0.3, -0.25) is 14.5 Å². The van der Waals surface area contributed by atoms with E-state index in [4.69, 9.17) is 20.3 Å². The van der Waals surface area contributed by atoms with Crippen LogP contribution in [0.15, 0.2) is 56.7 Å². The quantitative estimate of drug-likeness (QED) is 0.104. The molecule has 1 aliphatic heterocycles. The highest BCUT2D eigenvalue weighted by Crippen LogP contribution is 2.45. The molecule has 1 heterocycles. The maximum Gasteiger partial charge on any atom is 0.337 e. The summed E-state index contributed by atoms with van der Waals surface area (Å²) in [5.41, 5.74) is 3.53.